The van der Waals surface area contributed by atoms with E-state index in [0.717, 1.165) is 43.9 Å². The topological polar surface area (TPSA) is 86.6 Å². The summed E-state index contributed by atoms with van der Waals surface area (Å²) in [5.74, 6) is 1.41. The smallest absolute Gasteiger partial charge is 0.220 e. The lowest BCUT2D eigenvalue weighted by molar-refractivity contribution is -0.122. The van der Waals surface area contributed by atoms with Gasteiger partial charge >= 0.3 is 0 Å². The number of nitrogens with one attached hydrogen (secondary N) is 1. The average Bonchev–Trinajstić information content (AvgIpc) is 2.84. The molecule has 0 radical (unpaired) electrons. The second-order valence-corrected chi connectivity index (χ2v) is 13.5. The Labute approximate surface area is 239 Å². The van der Waals surface area contributed by atoms with Crippen LogP contribution in [0, 0.1) is 11.8 Å². The van der Waals surface area contributed by atoms with Crippen LogP contribution in [0.1, 0.15) is 169 Å². The SMILES string of the molecule is CC(C)CCCCCCCCCCCC(=O)N[C@@H](CS(=O)O)[C@H](O)CCCCCCCCCCCC(C)C. The summed E-state index contributed by atoms with van der Waals surface area (Å²) >= 11 is -2.04. The van der Waals surface area contributed by atoms with Crippen LogP contribution in [0.5, 0.6) is 0 Å². The van der Waals surface area contributed by atoms with Crippen LogP contribution in [0.3, 0.4) is 0 Å². The Bertz CT molecular complexity index is 556. The maximum atomic E-state index is 12.4. The first-order valence-electron chi connectivity index (χ1n) is 16.3. The van der Waals surface area contributed by atoms with Crippen molar-refractivity contribution in [1.29, 1.82) is 0 Å². The Hall–Kier alpha value is -0.460. The zero-order valence-corrected chi connectivity index (χ0v) is 26.5. The Morgan fingerprint density at radius 3 is 1.32 bits per heavy atom. The van der Waals surface area contributed by atoms with Crippen molar-refractivity contribution in [3.05, 3.63) is 0 Å². The van der Waals surface area contributed by atoms with Gasteiger partial charge in [0, 0.05) is 6.42 Å². The fourth-order valence-corrected chi connectivity index (χ4v) is 5.71. The number of rotatable bonds is 28. The van der Waals surface area contributed by atoms with E-state index in [2.05, 4.69) is 33.0 Å². The molecule has 0 aliphatic rings. The number of aliphatic hydroxyl groups is 1. The second-order valence-electron chi connectivity index (χ2n) is 12.5. The number of hydrogen-bond acceptors (Lipinski definition) is 3. The number of unbranched alkanes of at least 4 members (excludes halogenated alkanes) is 16. The van der Waals surface area contributed by atoms with Crippen molar-refractivity contribution in [2.45, 2.75) is 181 Å². The number of carbonyl (C=O) groups is 1. The molecule has 0 aliphatic carbocycles. The molecule has 0 aromatic carbocycles. The number of carbonyl (C=O) groups excluding carboxylic acids is 1. The highest BCUT2D eigenvalue weighted by Gasteiger charge is 2.23. The van der Waals surface area contributed by atoms with Gasteiger partial charge in [-0.3, -0.25) is 4.79 Å². The summed E-state index contributed by atoms with van der Waals surface area (Å²) in [6, 6.07) is -0.644. The fourth-order valence-electron chi connectivity index (χ4n) is 5.10. The van der Waals surface area contributed by atoms with Crippen molar-refractivity contribution in [3.63, 3.8) is 0 Å². The molecule has 6 heteroatoms. The van der Waals surface area contributed by atoms with E-state index in [-0.39, 0.29) is 11.7 Å². The summed E-state index contributed by atoms with van der Waals surface area (Å²) in [5, 5.41) is 13.4. The summed E-state index contributed by atoms with van der Waals surface area (Å²) in [5.41, 5.74) is 0. The van der Waals surface area contributed by atoms with Crippen molar-refractivity contribution in [2.75, 3.05) is 5.75 Å². The Balaban J connectivity index is 3.85. The Kier molecular flexibility index (Phi) is 26.4. The van der Waals surface area contributed by atoms with Gasteiger partial charge in [0.05, 0.1) is 17.9 Å². The molecule has 0 aromatic heterocycles. The first-order chi connectivity index (χ1) is 18.2. The van der Waals surface area contributed by atoms with Gasteiger partial charge in [-0.2, -0.15) is 0 Å². The largest absolute Gasteiger partial charge is 0.391 e. The van der Waals surface area contributed by atoms with Crippen molar-refractivity contribution in [3.8, 4) is 0 Å². The number of hydrogen-bond donors (Lipinski definition) is 3. The lowest BCUT2D eigenvalue weighted by Gasteiger charge is -2.23. The first-order valence-corrected chi connectivity index (χ1v) is 17.5. The zero-order valence-electron chi connectivity index (χ0n) is 25.7. The standard InChI is InChI=1S/C32H65NO4S/c1-28(2)23-19-15-11-7-5-9-13-17-21-25-31(34)30(27-38(36)37)33-32(35)26-22-18-14-10-6-8-12-16-20-24-29(3)4/h28-31,34H,5-27H2,1-4H3,(H,33,35)(H,36,37)/t30-,31+/m0/s1. The summed E-state index contributed by atoms with van der Waals surface area (Å²) in [6.07, 6.45) is 24.8. The normalized spacial score (nSPS) is 14.2. The number of amides is 1. The lowest BCUT2D eigenvalue weighted by atomic mass is 10.0. The van der Waals surface area contributed by atoms with Gasteiger partial charge in [-0.1, -0.05) is 150 Å². The quantitative estimate of drug-likeness (QED) is 0.0659. The molecule has 1 unspecified atom stereocenters. The van der Waals surface area contributed by atoms with Crippen LogP contribution in [0.2, 0.25) is 0 Å². The lowest BCUT2D eigenvalue weighted by Crippen LogP contribution is -2.46. The van der Waals surface area contributed by atoms with Crippen LogP contribution >= 0.6 is 0 Å². The predicted octanol–water partition coefficient (Wildman–Crippen LogP) is 8.95. The molecular formula is C32H65NO4S. The van der Waals surface area contributed by atoms with E-state index in [1.165, 1.54) is 96.3 Å². The van der Waals surface area contributed by atoms with Gasteiger partial charge in [-0.25, -0.2) is 4.21 Å². The highest BCUT2D eigenvalue weighted by atomic mass is 32.2. The molecule has 1 amide bonds. The average molecular weight is 560 g/mol. The zero-order chi connectivity index (χ0) is 28.4. The van der Waals surface area contributed by atoms with Gasteiger partial charge in [0.2, 0.25) is 5.91 Å². The van der Waals surface area contributed by atoms with Crippen molar-refractivity contribution >= 4 is 17.0 Å². The third-order valence-electron chi connectivity index (χ3n) is 7.60. The molecule has 0 rings (SSSR count). The van der Waals surface area contributed by atoms with Crippen molar-refractivity contribution in [2.24, 2.45) is 11.8 Å². The molecule has 5 nitrogen and oxygen atoms in total. The van der Waals surface area contributed by atoms with Gasteiger partial charge in [0.25, 0.3) is 0 Å². The van der Waals surface area contributed by atoms with Crippen LogP contribution in [0.25, 0.3) is 0 Å². The molecule has 3 N–H and O–H groups in total. The van der Waals surface area contributed by atoms with Crippen LogP contribution < -0.4 is 5.32 Å². The minimum atomic E-state index is -2.04. The third kappa shape index (κ3) is 27.1. The molecule has 0 heterocycles. The summed E-state index contributed by atoms with van der Waals surface area (Å²) in [7, 11) is 0. The molecular weight excluding hydrogens is 494 g/mol. The molecule has 0 bridgehead atoms. The molecule has 0 fully saturated rings. The minimum absolute atomic E-state index is 0.110. The van der Waals surface area contributed by atoms with E-state index in [9.17, 15) is 18.7 Å². The fraction of sp³-hybridized carbons (Fsp3) is 0.969. The molecule has 0 aromatic rings. The monoisotopic (exact) mass is 559 g/mol. The van der Waals surface area contributed by atoms with Crippen LogP contribution in [-0.2, 0) is 15.9 Å². The van der Waals surface area contributed by atoms with E-state index in [4.69, 9.17) is 0 Å². The van der Waals surface area contributed by atoms with Crippen molar-refractivity contribution in [1.82, 2.24) is 5.32 Å². The summed E-state index contributed by atoms with van der Waals surface area (Å²) in [6.45, 7) is 9.15. The number of aliphatic hydroxyl groups excluding tert-OH is 1. The minimum Gasteiger partial charge on any atom is -0.391 e. The van der Waals surface area contributed by atoms with Gasteiger partial charge < -0.3 is 15.0 Å². The maximum Gasteiger partial charge on any atom is 0.220 e. The molecule has 0 saturated carbocycles. The highest BCUT2D eigenvalue weighted by molar-refractivity contribution is 7.79. The van der Waals surface area contributed by atoms with Gasteiger partial charge in [0.15, 0.2) is 11.1 Å². The van der Waals surface area contributed by atoms with E-state index in [1.807, 2.05) is 0 Å². The summed E-state index contributed by atoms with van der Waals surface area (Å²) in [4.78, 5) is 12.4. The van der Waals surface area contributed by atoms with Gasteiger partial charge in [-0.15, -0.1) is 0 Å². The summed E-state index contributed by atoms with van der Waals surface area (Å²) < 4.78 is 20.7. The first kappa shape index (κ1) is 37.5. The molecule has 228 valence electrons. The Morgan fingerprint density at radius 1 is 0.605 bits per heavy atom. The Morgan fingerprint density at radius 2 is 0.947 bits per heavy atom. The van der Waals surface area contributed by atoms with Gasteiger partial charge in [0.1, 0.15) is 0 Å². The maximum absolute atomic E-state index is 12.4. The van der Waals surface area contributed by atoms with Gasteiger partial charge in [-0.05, 0) is 24.7 Å². The van der Waals surface area contributed by atoms with E-state index < -0.39 is 23.2 Å². The molecule has 3 atom stereocenters. The van der Waals surface area contributed by atoms with E-state index in [1.54, 1.807) is 0 Å². The molecule has 0 aliphatic heterocycles. The van der Waals surface area contributed by atoms with Crippen LogP contribution in [-0.4, -0.2) is 37.7 Å². The highest BCUT2D eigenvalue weighted by Crippen LogP contribution is 2.16. The molecule has 38 heavy (non-hydrogen) atoms. The second kappa shape index (κ2) is 26.7. The molecule has 0 spiro atoms. The predicted molar refractivity (Wildman–Crippen MR) is 165 cm³/mol. The van der Waals surface area contributed by atoms with E-state index >= 15 is 0 Å². The molecule has 0 saturated heterocycles. The van der Waals surface area contributed by atoms with Crippen molar-refractivity contribution < 1.29 is 18.7 Å². The third-order valence-corrected chi connectivity index (χ3v) is 8.24. The van der Waals surface area contributed by atoms with Crippen LogP contribution in [0.15, 0.2) is 0 Å². The van der Waals surface area contributed by atoms with Crippen LogP contribution in [0.4, 0.5) is 0 Å². The van der Waals surface area contributed by atoms with E-state index in [0.29, 0.717) is 12.8 Å².